The van der Waals surface area contributed by atoms with Crippen LogP contribution in [0.5, 0.6) is 5.75 Å². The standard InChI is InChI=1S/C29H37N3O6/c1-4-6-16-30(17-7-5-2)18-9-19-31-26(21-12-14-24(38-3)15-13-21)25(28(34)29(31)35)27(33)22-10-8-11-23(20-22)32(36)37/h8,10-15,20,26,33H,4-7,9,16-19H2,1-3H3/t26-/m1/s1. The van der Waals surface area contributed by atoms with Crippen LogP contribution in [0.25, 0.3) is 5.76 Å². The van der Waals surface area contributed by atoms with Gasteiger partial charge in [-0.3, -0.25) is 19.7 Å². The third-order valence-corrected chi connectivity index (χ3v) is 6.83. The van der Waals surface area contributed by atoms with Gasteiger partial charge in [0.05, 0.1) is 23.6 Å². The van der Waals surface area contributed by atoms with Gasteiger partial charge in [-0.25, -0.2) is 0 Å². The van der Waals surface area contributed by atoms with E-state index in [4.69, 9.17) is 4.74 Å². The topological polar surface area (TPSA) is 113 Å². The van der Waals surface area contributed by atoms with E-state index in [9.17, 15) is 24.8 Å². The van der Waals surface area contributed by atoms with Crippen molar-refractivity contribution in [1.29, 1.82) is 0 Å². The quantitative estimate of drug-likeness (QED) is 0.117. The molecule has 1 aliphatic rings. The minimum atomic E-state index is -0.820. The molecule has 1 N–H and O–H groups in total. The summed E-state index contributed by atoms with van der Waals surface area (Å²) in [7, 11) is 1.55. The summed E-state index contributed by atoms with van der Waals surface area (Å²) in [5.74, 6) is -1.30. The SMILES string of the molecule is CCCCN(CCCC)CCCN1C(=O)C(=O)C(=C(O)c2cccc([N+](=O)[O-])c2)[C@H]1c1ccc(OC)cc1. The highest BCUT2D eigenvalue weighted by Gasteiger charge is 2.45. The minimum Gasteiger partial charge on any atom is -0.507 e. The molecule has 1 heterocycles. The predicted molar refractivity (Wildman–Crippen MR) is 146 cm³/mol. The molecular weight excluding hydrogens is 486 g/mol. The first-order valence-corrected chi connectivity index (χ1v) is 13.2. The van der Waals surface area contributed by atoms with E-state index in [1.165, 1.54) is 29.2 Å². The van der Waals surface area contributed by atoms with Gasteiger partial charge in [-0.05, 0) is 56.6 Å². The number of ketones is 1. The van der Waals surface area contributed by atoms with E-state index in [0.29, 0.717) is 24.3 Å². The van der Waals surface area contributed by atoms with E-state index in [1.807, 2.05) is 0 Å². The van der Waals surface area contributed by atoms with Crippen LogP contribution in [0.1, 0.15) is 63.1 Å². The molecule has 1 saturated heterocycles. The normalized spacial score (nSPS) is 16.8. The predicted octanol–water partition coefficient (Wildman–Crippen LogP) is 5.32. The zero-order valence-electron chi connectivity index (χ0n) is 22.4. The summed E-state index contributed by atoms with van der Waals surface area (Å²) in [6.07, 6.45) is 5.08. The Balaban J connectivity index is 1.96. The number of nitro groups is 1. The highest BCUT2D eigenvalue weighted by Crippen LogP contribution is 2.40. The zero-order valence-corrected chi connectivity index (χ0v) is 22.4. The number of amides is 1. The van der Waals surface area contributed by atoms with Crippen molar-refractivity contribution in [1.82, 2.24) is 9.80 Å². The number of Topliss-reactive ketones (excluding diaryl/α,β-unsaturated/α-hetero) is 1. The maximum Gasteiger partial charge on any atom is 0.295 e. The molecule has 2 aromatic carbocycles. The van der Waals surface area contributed by atoms with E-state index in [1.54, 1.807) is 31.4 Å². The molecule has 38 heavy (non-hydrogen) atoms. The zero-order chi connectivity index (χ0) is 27.7. The number of aliphatic hydroxyl groups is 1. The van der Waals surface area contributed by atoms with Gasteiger partial charge < -0.3 is 19.6 Å². The number of non-ortho nitro benzene ring substituents is 1. The van der Waals surface area contributed by atoms with Crippen molar-refractivity contribution in [3.8, 4) is 5.75 Å². The third-order valence-electron chi connectivity index (χ3n) is 6.83. The number of aliphatic hydroxyl groups excluding tert-OH is 1. The number of nitro benzene ring substituents is 1. The van der Waals surface area contributed by atoms with Gasteiger partial charge in [0.25, 0.3) is 17.4 Å². The number of benzene rings is 2. The molecule has 9 nitrogen and oxygen atoms in total. The average Bonchev–Trinajstić information content (AvgIpc) is 3.18. The maximum absolute atomic E-state index is 13.3. The average molecular weight is 524 g/mol. The number of carbonyl (C=O) groups is 2. The summed E-state index contributed by atoms with van der Waals surface area (Å²) in [5, 5.41) is 22.5. The van der Waals surface area contributed by atoms with Crippen molar-refractivity contribution in [2.24, 2.45) is 0 Å². The molecule has 1 amide bonds. The lowest BCUT2D eigenvalue weighted by Crippen LogP contribution is -2.34. The van der Waals surface area contributed by atoms with Crippen LogP contribution in [0, 0.1) is 10.1 Å². The van der Waals surface area contributed by atoms with Gasteiger partial charge in [0.15, 0.2) is 0 Å². The highest BCUT2D eigenvalue weighted by molar-refractivity contribution is 6.46. The number of carbonyl (C=O) groups excluding carboxylic acids is 2. The molecule has 0 bridgehead atoms. The largest absolute Gasteiger partial charge is 0.507 e. The Bertz CT molecular complexity index is 1150. The summed E-state index contributed by atoms with van der Waals surface area (Å²) >= 11 is 0. The summed E-state index contributed by atoms with van der Waals surface area (Å²) in [5.41, 5.74) is 0.463. The Labute approximate surface area is 223 Å². The summed E-state index contributed by atoms with van der Waals surface area (Å²) in [6, 6.07) is 11.6. The first-order valence-electron chi connectivity index (χ1n) is 13.2. The monoisotopic (exact) mass is 523 g/mol. The second-order valence-corrected chi connectivity index (χ2v) is 9.48. The molecule has 1 fully saturated rings. The number of likely N-dealkylation sites (tertiary alicyclic amines) is 1. The highest BCUT2D eigenvalue weighted by atomic mass is 16.6. The lowest BCUT2D eigenvalue weighted by molar-refractivity contribution is -0.384. The van der Waals surface area contributed by atoms with Gasteiger partial charge in [-0.1, -0.05) is 51.0 Å². The van der Waals surface area contributed by atoms with Crippen molar-refractivity contribution in [2.45, 2.75) is 52.0 Å². The van der Waals surface area contributed by atoms with Crippen LogP contribution in [0.3, 0.4) is 0 Å². The third kappa shape index (κ3) is 6.77. The molecular formula is C29H37N3O6. The van der Waals surface area contributed by atoms with Crippen molar-refractivity contribution >= 4 is 23.1 Å². The molecule has 0 spiro atoms. The van der Waals surface area contributed by atoms with Gasteiger partial charge in [0, 0.05) is 24.2 Å². The number of unbranched alkanes of at least 4 members (excludes halogenated alkanes) is 2. The minimum absolute atomic E-state index is 0.0745. The summed E-state index contributed by atoms with van der Waals surface area (Å²) in [4.78, 5) is 41.1. The molecule has 0 aromatic heterocycles. The Morgan fingerprint density at radius 2 is 1.66 bits per heavy atom. The molecule has 1 atom stereocenters. The van der Waals surface area contributed by atoms with Gasteiger partial charge in [-0.15, -0.1) is 0 Å². The Kier molecular flexibility index (Phi) is 10.4. The fraction of sp³-hybridized carbons (Fsp3) is 0.448. The van der Waals surface area contributed by atoms with Crippen LogP contribution in [-0.4, -0.2) is 64.8 Å². The first kappa shape index (κ1) is 28.8. The summed E-state index contributed by atoms with van der Waals surface area (Å²) < 4.78 is 5.26. The van der Waals surface area contributed by atoms with Gasteiger partial charge in [-0.2, -0.15) is 0 Å². The molecule has 0 unspecified atom stereocenters. The van der Waals surface area contributed by atoms with Crippen molar-refractivity contribution < 1.29 is 24.4 Å². The first-order chi connectivity index (χ1) is 18.3. The number of hydrogen-bond acceptors (Lipinski definition) is 7. The molecule has 0 saturated carbocycles. The maximum atomic E-state index is 13.3. The van der Waals surface area contributed by atoms with Gasteiger partial charge >= 0.3 is 0 Å². The molecule has 0 radical (unpaired) electrons. The number of rotatable bonds is 14. The van der Waals surface area contributed by atoms with Crippen LogP contribution >= 0.6 is 0 Å². The van der Waals surface area contributed by atoms with Crippen molar-refractivity contribution in [2.75, 3.05) is 33.3 Å². The molecule has 2 aromatic rings. The smallest absolute Gasteiger partial charge is 0.295 e. The second kappa shape index (κ2) is 13.7. The molecule has 0 aliphatic carbocycles. The van der Waals surface area contributed by atoms with Gasteiger partial charge in [0.2, 0.25) is 0 Å². The number of nitrogens with zero attached hydrogens (tertiary/aromatic N) is 3. The van der Waals surface area contributed by atoms with Crippen LogP contribution in [0.4, 0.5) is 5.69 Å². The van der Waals surface area contributed by atoms with E-state index in [-0.39, 0.29) is 16.8 Å². The summed E-state index contributed by atoms with van der Waals surface area (Å²) in [6.45, 7) is 7.43. The lowest BCUT2D eigenvalue weighted by atomic mass is 9.95. The molecule has 9 heteroatoms. The van der Waals surface area contributed by atoms with E-state index >= 15 is 0 Å². The number of methoxy groups -OCH3 is 1. The lowest BCUT2D eigenvalue weighted by Gasteiger charge is -2.27. The van der Waals surface area contributed by atoms with Crippen molar-refractivity contribution in [3.05, 3.63) is 75.3 Å². The van der Waals surface area contributed by atoms with Crippen molar-refractivity contribution in [3.63, 3.8) is 0 Å². The molecule has 1 aliphatic heterocycles. The fourth-order valence-electron chi connectivity index (χ4n) is 4.73. The number of hydrogen-bond donors (Lipinski definition) is 1. The van der Waals surface area contributed by atoms with Crippen LogP contribution in [0.15, 0.2) is 54.1 Å². The van der Waals surface area contributed by atoms with Gasteiger partial charge in [0.1, 0.15) is 11.5 Å². The Hall–Kier alpha value is -3.72. The van der Waals surface area contributed by atoms with Crippen LogP contribution in [0.2, 0.25) is 0 Å². The van der Waals surface area contributed by atoms with Crippen LogP contribution < -0.4 is 4.74 Å². The van der Waals surface area contributed by atoms with Crippen LogP contribution in [-0.2, 0) is 9.59 Å². The Morgan fingerprint density at radius 1 is 1.03 bits per heavy atom. The molecule has 204 valence electrons. The Morgan fingerprint density at radius 3 is 2.24 bits per heavy atom. The second-order valence-electron chi connectivity index (χ2n) is 9.48. The number of ether oxygens (including phenoxy) is 1. The van der Waals surface area contributed by atoms with E-state index < -0.39 is 28.4 Å². The fourth-order valence-corrected chi connectivity index (χ4v) is 4.73. The van der Waals surface area contributed by atoms with E-state index in [2.05, 4.69) is 18.7 Å². The van der Waals surface area contributed by atoms with E-state index in [0.717, 1.165) is 45.3 Å². The molecule has 3 rings (SSSR count).